The zero-order chi connectivity index (χ0) is 23.0. The first-order valence-corrected chi connectivity index (χ1v) is 11.9. The highest BCUT2D eigenvalue weighted by atomic mass is 16.5. The highest BCUT2D eigenvalue weighted by molar-refractivity contribution is 5.97. The van der Waals surface area contributed by atoms with Crippen molar-refractivity contribution in [3.05, 3.63) is 59.7 Å². The van der Waals surface area contributed by atoms with Gasteiger partial charge in [-0.05, 0) is 86.1 Å². The van der Waals surface area contributed by atoms with Crippen molar-refractivity contribution in [1.29, 1.82) is 0 Å². The number of ether oxygens (including phenoxy) is 1. The van der Waals surface area contributed by atoms with E-state index in [4.69, 9.17) is 4.74 Å². The standard InChI is InChI=1S/C27H30N2O4/c1-17(30)33-23-7-4-6-21(12-23)25(31)28-16-22-5-2-3-8-24(22)29-26(32)27-13-18-9-19(14-27)11-20(10-18)15-27/h2-8,12,18-20H,9-11,13-16H2,1H3,(H,28,31)(H,29,32). The molecule has 172 valence electrons. The van der Waals surface area contributed by atoms with Crippen LogP contribution in [0.2, 0.25) is 0 Å². The average molecular weight is 447 g/mol. The largest absolute Gasteiger partial charge is 0.427 e. The van der Waals surface area contributed by atoms with Crippen molar-refractivity contribution in [2.75, 3.05) is 5.32 Å². The van der Waals surface area contributed by atoms with Crippen molar-refractivity contribution in [2.24, 2.45) is 23.2 Å². The fourth-order valence-electron chi connectivity index (χ4n) is 6.58. The second kappa shape index (κ2) is 8.65. The van der Waals surface area contributed by atoms with Crippen molar-refractivity contribution in [3.8, 4) is 5.75 Å². The van der Waals surface area contributed by atoms with Crippen LogP contribution in [0.4, 0.5) is 5.69 Å². The van der Waals surface area contributed by atoms with E-state index in [2.05, 4.69) is 10.6 Å². The van der Waals surface area contributed by atoms with Gasteiger partial charge in [0.05, 0.1) is 5.41 Å². The Balaban J connectivity index is 1.26. The molecule has 0 heterocycles. The van der Waals surface area contributed by atoms with E-state index in [9.17, 15) is 14.4 Å². The van der Waals surface area contributed by atoms with Gasteiger partial charge in [0.1, 0.15) is 5.75 Å². The molecule has 0 spiro atoms. The molecule has 0 radical (unpaired) electrons. The molecule has 2 amide bonds. The molecule has 2 N–H and O–H groups in total. The maximum atomic E-state index is 13.5. The molecule has 4 bridgehead atoms. The van der Waals surface area contributed by atoms with Gasteiger partial charge in [0.15, 0.2) is 0 Å². The second-order valence-electron chi connectivity index (χ2n) is 10.1. The first-order valence-electron chi connectivity index (χ1n) is 11.9. The lowest BCUT2D eigenvalue weighted by Gasteiger charge is -2.55. The van der Waals surface area contributed by atoms with Crippen molar-refractivity contribution in [1.82, 2.24) is 5.32 Å². The van der Waals surface area contributed by atoms with Gasteiger partial charge >= 0.3 is 5.97 Å². The molecule has 4 saturated carbocycles. The monoisotopic (exact) mass is 446 g/mol. The summed E-state index contributed by atoms with van der Waals surface area (Å²) in [4.78, 5) is 37.3. The highest BCUT2D eigenvalue weighted by Crippen LogP contribution is 2.60. The lowest BCUT2D eigenvalue weighted by molar-refractivity contribution is -0.140. The number of hydrogen-bond acceptors (Lipinski definition) is 4. The summed E-state index contributed by atoms with van der Waals surface area (Å²) in [5.41, 5.74) is 1.80. The van der Waals surface area contributed by atoms with E-state index in [-0.39, 0.29) is 23.8 Å². The molecule has 4 aliphatic carbocycles. The van der Waals surface area contributed by atoms with E-state index in [0.717, 1.165) is 30.5 Å². The third kappa shape index (κ3) is 4.52. The highest BCUT2D eigenvalue weighted by Gasteiger charge is 2.54. The van der Waals surface area contributed by atoms with Crippen LogP contribution in [-0.2, 0) is 16.1 Å². The molecule has 0 atom stereocenters. The molecule has 0 unspecified atom stereocenters. The lowest BCUT2D eigenvalue weighted by atomic mass is 9.49. The van der Waals surface area contributed by atoms with E-state index in [0.29, 0.717) is 29.1 Å². The number of nitrogens with one attached hydrogen (secondary N) is 2. The van der Waals surface area contributed by atoms with Crippen LogP contribution in [0, 0.1) is 23.2 Å². The fourth-order valence-corrected chi connectivity index (χ4v) is 6.58. The normalized spacial score (nSPS) is 27.1. The van der Waals surface area contributed by atoms with Crippen LogP contribution in [0.15, 0.2) is 48.5 Å². The van der Waals surface area contributed by atoms with E-state index in [1.54, 1.807) is 18.2 Å². The smallest absolute Gasteiger partial charge is 0.308 e. The molecule has 0 aromatic heterocycles. The Kier molecular flexibility index (Phi) is 5.69. The van der Waals surface area contributed by atoms with Gasteiger partial charge in [0, 0.05) is 24.7 Å². The minimum atomic E-state index is -0.434. The van der Waals surface area contributed by atoms with Crippen LogP contribution in [-0.4, -0.2) is 17.8 Å². The molecule has 33 heavy (non-hydrogen) atoms. The van der Waals surface area contributed by atoms with Crippen LogP contribution in [0.1, 0.15) is 61.4 Å². The van der Waals surface area contributed by atoms with Gasteiger partial charge in [-0.15, -0.1) is 0 Å². The summed E-state index contributed by atoms with van der Waals surface area (Å²) in [6, 6.07) is 14.2. The van der Waals surface area contributed by atoms with Crippen LogP contribution in [0.25, 0.3) is 0 Å². The number of hydrogen-bond donors (Lipinski definition) is 2. The molecule has 6 nitrogen and oxygen atoms in total. The number of carbonyl (C=O) groups excluding carboxylic acids is 3. The quantitative estimate of drug-likeness (QED) is 0.498. The molecule has 2 aromatic carbocycles. The third-order valence-electron chi connectivity index (χ3n) is 7.58. The Labute approximate surface area is 194 Å². The first kappa shape index (κ1) is 21.7. The maximum absolute atomic E-state index is 13.5. The molecule has 0 saturated heterocycles. The van der Waals surface area contributed by atoms with Crippen molar-refractivity contribution < 1.29 is 19.1 Å². The van der Waals surface area contributed by atoms with E-state index in [1.807, 2.05) is 24.3 Å². The third-order valence-corrected chi connectivity index (χ3v) is 7.58. The summed E-state index contributed by atoms with van der Waals surface area (Å²) in [5, 5.41) is 6.13. The predicted molar refractivity (Wildman–Crippen MR) is 125 cm³/mol. The van der Waals surface area contributed by atoms with Gasteiger partial charge in [0.2, 0.25) is 5.91 Å². The number of anilines is 1. The van der Waals surface area contributed by atoms with Crippen molar-refractivity contribution in [2.45, 2.75) is 52.0 Å². The Hall–Kier alpha value is -3.15. The van der Waals surface area contributed by atoms with Gasteiger partial charge < -0.3 is 15.4 Å². The SMILES string of the molecule is CC(=O)Oc1cccc(C(=O)NCc2ccccc2NC(=O)C23CC4CC(CC(C4)C2)C3)c1. The summed E-state index contributed by atoms with van der Waals surface area (Å²) in [6.45, 7) is 1.61. The van der Waals surface area contributed by atoms with Crippen LogP contribution in [0.5, 0.6) is 5.75 Å². The lowest BCUT2D eigenvalue weighted by Crippen LogP contribution is -2.51. The molecule has 6 heteroatoms. The minimum absolute atomic E-state index is 0.148. The maximum Gasteiger partial charge on any atom is 0.308 e. The van der Waals surface area contributed by atoms with Crippen molar-refractivity contribution >= 4 is 23.5 Å². The molecule has 6 rings (SSSR count). The molecule has 0 aliphatic heterocycles. The zero-order valence-corrected chi connectivity index (χ0v) is 18.9. The fraction of sp³-hybridized carbons (Fsp3) is 0.444. The molecule has 4 aliphatic rings. The number of rotatable bonds is 6. The Morgan fingerprint density at radius 2 is 1.61 bits per heavy atom. The number of esters is 1. The van der Waals surface area contributed by atoms with Crippen molar-refractivity contribution in [3.63, 3.8) is 0 Å². The number of benzene rings is 2. The number of amides is 2. The Morgan fingerprint density at radius 3 is 2.27 bits per heavy atom. The second-order valence-corrected chi connectivity index (χ2v) is 10.1. The summed E-state index contributed by atoms with van der Waals surface area (Å²) in [7, 11) is 0. The van der Waals surface area contributed by atoms with E-state index < -0.39 is 5.97 Å². The first-order chi connectivity index (χ1) is 15.9. The molecule has 2 aromatic rings. The van der Waals surface area contributed by atoms with E-state index in [1.165, 1.54) is 32.3 Å². The molecular formula is C27H30N2O4. The summed E-state index contributed by atoms with van der Waals surface area (Å²) >= 11 is 0. The molecular weight excluding hydrogens is 416 g/mol. The van der Waals surface area contributed by atoms with Crippen LogP contribution < -0.4 is 15.4 Å². The summed E-state index contributed by atoms with van der Waals surface area (Å²) < 4.78 is 5.06. The van der Waals surface area contributed by atoms with Gasteiger partial charge in [-0.25, -0.2) is 0 Å². The topological polar surface area (TPSA) is 84.5 Å². The Morgan fingerprint density at radius 1 is 0.939 bits per heavy atom. The van der Waals surface area contributed by atoms with Gasteiger partial charge in [-0.1, -0.05) is 24.3 Å². The minimum Gasteiger partial charge on any atom is -0.427 e. The summed E-state index contributed by atoms with van der Waals surface area (Å²) in [6.07, 6.45) is 6.95. The van der Waals surface area contributed by atoms with Gasteiger partial charge in [-0.3, -0.25) is 14.4 Å². The average Bonchev–Trinajstić information content (AvgIpc) is 2.77. The summed E-state index contributed by atoms with van der Waals surface area (Å²) in [5.74, 6) is 1.90. The number of para-hydroxylation sites is 1. The van der Waals surface area contributed by atoms with E-state index >= 15 is 0 Å². The van der Waals surface area contributed by atoms with Gasteiger partial charge in [-0.2, -0.15) is 0 Å². The van der Waals surface area contributed by atoms with Crippen LogP contribution in [0.3, 0.4) is 0 Å². The Bertz CT molecular complexity index is 1060. The van der Waals surface area contributed by atoms with Crippen LogP contribution >= 0.6 is 0 Å². The molecule has 4 fully saturated rings. The predicted octanol–water partition coefficient (Wildman–Crippen LogP) is 4.70. The number of carbonyl (C=O) groups is 3. The van der Waals surface area contributed by atoms with Gasteiger partial charge in [0.25, 0.3) is 5.91 Å². The zero-order valence-electron chi connectivity index (χ0n) is 18.9.